The molecule has 0 bridgehead atoms. The van der Waals surface area contributed by atoms with Gasteiger partial charge in [0.05, 0.1) is 12.5 Å². The van der Waals surface area contributed by atoms with Gasteiger partial charge in [-0.3, -0.25) is 10.1 Å². The lowest BCUT2D eigenvalue weighted by molar-refractivity contribution is -0.520. The fourth-order valence-corrected chi connectivity index (χ4v) is 2.26. The molecule has 0 radical (unpaired) electrons. The number of nitro groups is 1. The third-order valence-corrected chi connectivity index (χ3v) is 3.10. The topological polar surface area (TPSA) is 55.2 Å². The molecule has 1 N–H and O–H groups in total. The number of benzene rings is 1. The molecule has 1 aliphatic rings. The Morgan fingerprint density at radius 1 is 1.40 bits per heavy atom. The van der Waals surface area contributed by atoms with E-state index in [-0.39, 0.29) is 10.8 Å². The Morgan fingerprint density at radius 3 is 2.80 bits per heavy atom. The average Bonchev–Trinajstić information content (AvgIpc) is 2.67. The van der Waals surface area contributed by atoms with Crippen molar-refractivity contribution in [3.63, 3.8) is 0 Å². The van der Waals surface area contributed by atoms with Crippen molar-refractivity contribution < 1.29 is 4.92 Å². The van der Waals surface area contributed by atoms with Gasteiger partial charge in [-0.1, -0.05) is 29.8 Å². The highest BCUT2D eigenvalue weighted by atomic mass is 35.5. The van der Waals surface area contributed by atoms with Crippen molar-refractivity contribution in [2.75, 3.05) is 13.1 Å². The molecular formula is C10H11ClN2O2. The van der Waals surface area contributed by atoms with Gasteiger partial charge in [-0.2, -0.15) is 0 Å². The maximum absolute atomic E-state index is 10.8. The zero-order valence-electron chi connectivity index (χ0n) is 8.02. The van der Waals surface area contributed by atoms with E-state index < -0.39 is 6.04 Å². The molecule has 4 nitrogen and oxygen atoms in total. The van der Waals surface area contributed by atoms with Crippen LogP contribution in [0.4, 0.5) is 0 Å². The fraction of sp³-hybridized carbons (Fsp3) is 0.400. The van der Waals surface area contributed by atoms with Crippen LogP contribution in [0.15, 0.2) is 24.3 Å². The first kappa shape index (κ1) is 10.4. The van der Waals surface area contributed by atoms with Crippen molar-refractivity contribution in [3.05, 3.63) is 45.0 Å². The smallest absolute Gasteiger partial charge is 0.233 e. The van der Waals surface area contributed by atoms with Gasteiger partial charge in [0.1, 0.15) is 0 Å². The van der Waals surface area contributed by atoms with Crippen molar-refractivity contribution in [3.8, 4) is 0 Å². The predicted octanol–water partition coefficient (Wildman–Crippen LogP) is 1.67. The first-order chi connectivity index (χ1) is 7.20. The van der Waals surface area contributed by atoms with Crippen LogP contribution < -0.4 is 5.32 Å². The molecule has 80 valence electrons. The number of hydrogen-bond acceptors (Lipinski definition) is 3. The highest BCUT2D eigenvalue weighted by Gasteiger charge is 2.38. The van der Waals surface area contributed by atoms with Crippen LogP contribution >= 0.6 is 11.6 Å². The molecule has 0 aliphatic carbocycles. The van der Waals surface area contributed by atoms with Gasteiger partial charge in [-0.25, -0.2) is 0 Å². The molecule has 1 aromatic rings. The maximum Gasteiger partial charge on any atom is 0.233 e. The molecule has 1 aromatic carbocycles. The lowest BCUT2D eigenvalue weighted by Gasteiger charge is -2.13. The van der Waals surface area contributed by atoms with Crippen molar-refractivity contribution in [2.24, 2.45) is 0 Å². The Hall–Kier alpha value is -1.13. The lowest BCUT2D eigenvalue weighted by atomic mass is 9.95. The lowest BCUT2D eigenvalue weighted by Crippen LogP contribution is -2.27. The molecule has 2 unspecified atom stereocenters. The summed E-state index contributed by atoms with van der Waals surface area (Å²) in [5.74, 6) is -0.117. The summed E-state index contributed by atoms with van der Waals surface area (Å²) in [4.78, 5) is 10.6. The van der Waals surface area contributed by atoms with E-state index in [4.69, 9.17) is 11.6 Å². The van der Waals surface area contributed by atoms with Gasteiger partial charge < -0.3 is 5.32 Å². The van der Waals surface area contributed by atoms with Crippen molar-refractivity contribution in [2.45, 2.75) is 12.0 Å². The summed E-state index contributed by atoms with van der Waals surface area (Å²) in [5, 5.41) is 14.5. The molecule has 5 heteroatoms. The maximum atomic E-state index is 10.8. The Labute approximate surface area is 92.4 Å². The normalized spacial score (nSPS) is 25.4. The van der Waals surface area contributed by atoms with Gasteiger partial charge in [-0.05, 0) is 11.6 Å². The second kappa shape index (κ2) is 4.16. The van der Waals surface area contributed by atoms with E-state index >= 15 is 0 Å². The van der Waals surface area contributed by atoms with Crippen molar-refractivity contribution in [1.82, 2.24) is 5.32 Å². The molecule has 0 saturated carbocycles. The monoisotopic (exact) mass is 226 g/mol. The van der Waals surface area contributed by atoms with E-state index in [1.54, 1.807) is 6.07 Å². The van der Waals surface area contributed by atoms with Gasteiger partial charge in [0, 0.05) is 16.5 Å². The van der Waals surface area contributed by atoms with Crippen LogP contribution in [0.2, 0.25) is 5.02 Å². The van der Waals surface area contributed by atoms with E-state index in [1.165, 1.54) is 0 Å². The Morgan fingerprint density at radius 2 is 2.13 bits per heavy atom. The van der Waals surface area contributed by atoms with Crippen LogP contribution in [-0.4, -0.2) is 24.1 Å². The van der Waals surface area contributed by atoms with Crippen LogP contribution in [0.5, 0.6) is 0 Å². The summed E-state index contributed by atoms with van der Waals surface area (Å²) < 4.78 is 0. The van der Waals surface area contributed by atoms with Gasteiger partial charge in [0.15, 0.2) is 0 Å². The van der Waals surface area contributed by atoms with Crippen LogP contribution in [0.1, 0.15) is 11.5 Å². The molecular weight excluding hydrogens is 216 g/mol. The summed E-state index contributed by atoms with van der Waals surface area (Å²) in [6.07, 6.45) is 0. The highest BCUT2D eigenvalue weighted by molar-refractivity contribution is 6.31. The number of halogens is 1. The van der Waals surface area contributed by atoms with Gasteiger partial charge >= 0.3 is 0 Å². The summed E-state index contributed by atoms with van der Waals surface area (Å²) in [5.41, 5.74) is 0.867. The minimum absolute atomic E-state index is 0.117. The molecule has 0 aromatic heterocycles. The Balaban J connectivity index is 2.30. The Bertz CT molecular complexity index is 383. The standard InChI is InChI=1S/C10H11ClN2O2/c11-9-4-2-1-3-7(9)8-5-12-6-10(8)13(14)15/h1-4,8,10,12H,5-6H2. The summed E-state index contributed by atoms with van der Waals surface area (Å²) in [7, 11) is 0. The molecule has 1 saturated heterocycles. The van der Waals surface area contributed by atoms with Gasteiger partial charge in [-0.15, -0.1) is 0 Å². The summed E-state index contributed by atoms with van der Waals surface area (Å²) >= 11 is 6.02. The Kier molecular flexibility index (Phi) is 2.88. The largest absolute Gasteiger partial charge is 0.310 e. The second-order valence-corrected chi connectivity index (χ2v) is 4.05. The van der Waals surface area contributed by atoms with E-state index in [2.05, 4.69) is 5.32 Å². The summed E-state index contributed by atoms with van der Waals surface area (Å²) in [6, 6.07) is 6.75. The van der Waals surface area contributed by atoms with Crippen LogP contribution in [0.3, 0.4) is 0 Å². The van der Waals surface area contributed by atoms with E-state index in [1.807, 2.05) is 18.2 Å². The van der Waals surface area contributed by atoms with Gasteiger partial charge in [0.25, 0.3) is 0 Å². The SMILES string of the molecule is O=[N+]([O-])C1CNCC1c1ccccc1Cl. The number of hydrogen-bond donors (Lipinski definition) is 1. The zero-order chi connectivity index (χ0) is 10.8. The van der Waals surface area contributed by atoms with Crippen LogP contribution in [-0.2, 0) is 0 Å². The molecule has 1 heterocycles. The van der Waals surface area contributed by atoms with Crippen LogP contribution in [0.25, 0.3) is 0 Å². The number of nitrogens with zero attached hydrogens (tertiary/aromatic N) is 1. The fourth-order valence-electron chi connectivity index (χ4n) is 1.98. The predicted molar refractivity (Wildman–Crippen MR) is 57.8 cm³/mol. The molecule has 1 aliphatic heterocycles. The quantitative estimate of drug-likeness (QED) is 0.617. The van der Waals surface area contributed by atoms with E-state index in [9.17, 15) is 10.1 Å². The van der Waals surface area contributed by atoms with E-state index in [0.29, 0.717) is 18.1 Å². The number of nitrogens with one attached hydrogen (secondary N) is 1. The first-order valence-corrected chi connectivity index (χ1v) is 5.16. The van der Waals surface area contributed by atoms with Crippen molar-refractivity contribution in [1.29, 1.82) is 0 Å². The molecule has 0 amide bonds. The first-order valence-electron chi connectivity index (χ1n) is 4.79. The van der Waals surface area contributed by atoms with E-state index in [0.717, 1.165) is 5.56 Å². The molecule has 1 fully saturated rings. The number of rotatable bonds is 2. The second-order valence-electron chi connectivity index (χ2n) is 3.64. The minimum Gasteiger partial charge on any atom is -0.310 e. The minimum atomic E-state index is -0.565. The highest BCUT2D eigenvalue weighted by Crippen LogP contribution is 2.30. The van der Waals surface area contributed by atoms with Crippen molar-refractivity contribution >= 4 is 11.6 Å². The molecule has 0 spiro atoms. The average molecular weight is 227 g/mol. The molecule has 2 rings (SSSR count). The molecule has 2 atom stereocenters. The summed E-state index contributed by atoms with van der Waals surface area (Å²) in [6.45, 7) is 1.04. The third-order valence-electron chi connectivity index (χ3n) is 2.76. The zero-order valence-corrected chi connectivity index (χ0v) is 8.78. The molecule has 15 heavy (non-hydrogen) atoms. The third kappa shape index (κ3) is 1.96. The van der Waals surface area contributed by atoms with Gasteiger partial charge in [0.2, 0.25) is 6.04 Å². The van der Waals surface area contributed by atoms with Crippen LogP contribution in [0, 0.1) is 10.1 Å².